The minimum Gasteiger partial charge on any atom is -0.614 e. The predicted molar refractivity (Wildman–Crippen MR) is 98.9 cm³/mol. The lowest BCUT2D eigenvalue weighted by atomic mass is 10.1. The fourth-order valence-electron chi connectivity index (χ4n) is 3.36. The second-order valence-electron chi connectivity index (χ2n) is 6.13. The number of halogens is 1. The second kappa shape index (κ2) is 6.10. The molecule has 0 aromatic heterocycles. The molecular formula is C17H19ClN4OS. The maximum Gasteiger partial charge on any atom is 0.215 e. The number of rotatable bonds is 2. The molecule has 1 aromatic carbocycles. The van der Waals surface area contributed by atoms with Gasteiger partial charge in [-0.3, -0.25) is 14.9 Å². The monoisotopic (exact) mass is 362 g/mol. The molecule has 3 unspecified atom stereocenters. The first-order valence-electron chi connectivity index (χ1n) is 8.10. The summed E-state index contributed by atoms with van der Waals surface area (Å²) < 4.78 is 12.8. The van der Waals surface area contributed by atoms with Gasteiger partial charge in [-0.25, -0.2) is 0 Å². The van der Waals surface area contributed by atoms with Crippen LogP contribution >= 0.6 is 11.6 Å². The van der Waals surface area contributed by atoms with E-state index in [1.165, 1.54) is 0 Å². The maximum atomic E-state index is 12.8. The quantitative estimate of drug-likeness (QED) is 0.600. The zero-order chi connectivity index (χ0) is 16.8. The first-order chi connectivity index (χ1) is 11.6. The fraction of sp³-hybridized carbons (Fsp3) is 0.412. The van der Waals surface area contributed by atoms with E-state index in [9.17, 15) is 4.55 Å². The lowest BCUT2D eigenvalue weighted by molar-refractivity contribution is 0.243. The molecule has 0 spiro atoms. The van der Waals surface area contributed by atoms with E-state index in [1.807, 2.05) is 36.2 Å². The van der Waals surface area contributed by atoms with Crippen molar-refractivity contribution in [2.45, 2.75) is 24.5 Å². The number of fused-ring (bicyclic) bond motifs is 3. The zero-order valence-corrected chi connectivity index (χ0v) is 15.2. The molecule has 0 fully saturated rings. The number of benzene rings is 1. The molecule has 7 heteroatoms. The summed E-state index contributed by atoms with van der Waals surface area (Å²) >= 11 is 5.42. The van der Waals surface area contributed by atoms with Crippen LogP contribution in [0.15, 0.2) is 46.0 Å². The summed E-state index contributed by atoms with van der Waals surface area (Å²) in [6, 6.07) is 7.68. The van der Waals surface area contributed by atoms with Crippen LogP contribution in [0.2, 0.25) is 5.02 Å². The Morgan fingerprint density at radius 3 is 2.92 bits per heavy atom. The van der Waals surface area contributed by atoms with Crippen molar-refractivity contribution >= 4 is 34.3 Å². The van der Waals surface area contributed by atoms with Crippen LogP contribution in [0.1, 0.15) is 19.4 Å². The van der Waals surface area contributed by atoms with Crippen molar-refractivity contribution in [2.24, 2.45) is 10.1 Å². The summed E-state index contributed by atoms with van der Waals surface area (Å²) in [5.74, 6) is 0.779. The third-order valence-electron chi connectivity index (χ3n) is 4.58. The van der Waals surface area contributed by atoms with E-state index < -0.39 is 11.2 Å². The minimum absolute atomic E-state index is 0.0546. The van der Waals surface area contributed by atoms with Crippen molar-refractivity contribution in [1.29, 1.82) is 0 Å². The van der Waals surface area contributed by atoms with E-state index in [0.29, 0.717) is 18.2 Å². The molecule has 0 saturated carbocycles. The van der Waals surface area contributed by atoms with Crippen molar-refractivity contribution in [3.8, 4) is 0 Å². The first-order valence-corrected chi connectivity index (χ1v) is 9.75. The van der Waals surface area contributed by atoms with Crippen LogP contribution in [-0.4, -0.2) is 56.4 Å². The largest absolute Gasteiger partial charge is 0.614 e. The van der Waals surface area contributed by atoms with Crippen LogP contribution in [0.5, 0.6) is 0 Å². The van der Waals surface area contributed by atoms with Gasteiger partial charge < -0.3 is 4.55 Å². The van der Waals surface area contributed by atoms with Crippen LogP contribution in [-0.2, 0) is 11.2 Å². The third kappa shape index (κ3) is 2.44. The molecule has 1 aromatic rings. The number of hydrogen-bond donors (Lipinski definition) is 0. The lowest BCUT2D eigenvalue weighted by Gasteiger charge is -2.29. The summed E-state index contributed by atoms with van der Waals surface area (Å²) in [7, 11) is 0. The Kier molecular flexibility index (Phi) is 4.06. The average Bonchev–Trinajstić information content (AvgIpc) is 3.07. The molecule has 3 aliphatic rings. The van der Waals surface area contributed by atoms with Crippen molar-refractivity contribution in [1.82, 2.24) is 9.91 Å². The fourth-order valence-corrected chi connectivity index (χ4v) is 5.17. The van der Waals surface area contributed by atoms with E-state index in [4.69, 9.17) is 21.7 Å². The van der Waals surface area contributed by atoms with E-state index >= 15 is 0 Å². The molecule has 3 heterocycles. The number of nitrogens with zero attached hydrogens (tertiary/aromatic N) is 4. The molecule has 3 aliphatic heterocycles. The molecule has 126 valence electrons. The van der Waals surface area contributed by atoms with Crippen molar-refractivity contribution in [2.75, 3.05) is 19.8 Å². The molecule has 0 bridgehead atoms. The standard InChI is InChI=1S/C17H19ClN4OS/c1-3-21-10-22-16(20-21)15(13-6-4-5-7-14(13)18)19-9-12-8-11(2)24(23)17(12)22/h4-8,11,17H,3,9-10H2,1-2H3. The predicted octanol–water partition coefficient (Wildman–Crippen LogP) is 2.45. The van der Waals surface area contributed by atoms with E-state index in [0.717, 1.165) is 29.2 Å². The third-order valence-corrected chi connectivity index (χ3v) is 6.78. The van der Waals surface area contributed by atoms with Crippen molar-refractivity contribution in [3.63, 3.8) is 0 Å². The van der Waals surface area contributed by atoms with E-state index in [2.05, 4.69) is 17.9 Å². The topological polar surface area (TPSA) is 54.3 Å². The molecule has 5 nitrogen and oxygen atoms in total. The SMILES string of the molecule is CCN1CN2C(=N1)C(c1ccccc1Cl)=NCC1=CC(C)[S+]([O-])C12. The van der Waals surface area contributed by atoms with E-state index in [1.54, 1.807) is 0 Å². The van der Waals surface area contributed by atoms with Crippen LogP contribution in [0.4, 0.5) is 0 Å². The summed E-state index contributed by atoms with van der Waals surface area (Å²) in [4.78, 5) is 6.94. The number of hydrazone groups is 1. The molecule has 0 saturated heterocycles. The van der Waals surface area contributed by atoms with Gasteiger partial charge >= 0.3 is 0 Å². The number of amidine groups is 1. The molecule has 0 aliphatic carbocycles. The number of hydrogen-bond acceptors (Lipinski definition) is 5. The van der Waals surface area contributed by atoms with Crippen molar-refractivity contribution < 1.29 is 4.55 Å². The Balaban J connectivity index is 1.83. The molecule has 4 rings (SSSR count). The molecule has 24 heavy (non-hydrogen) atoms. The smallest absolute Gasteiger partial charge is 0.215 e. The molecule has 0 N–H and O–H groups in total. The normalized spacial score (nSPS) is 28.8. The zero-order valence-electron chi connectivity index (χ0n) is 13.6. The van der Waals surface area contributed by atoms with Gasteiger partial charge in [0, 0.05) is 17.7 Å². The van der Waals surface area contributed by atoms with Gasteiger partial charge in [0.1, 0.15) is 17.6 Å². The highest BCUT2D eigenvalue weighted by Crippen LogP contribution is 2.35. The Morgan fingerprint density at radius 2 is 2.17 bits per heavy atom. The van der Waals surface area contributed by atoms with Crippen LogP contribution in [0, 0.1) is 0 Å². The Labute approximate surface area is 149 Å². The Morgan fingerprint density at radius 1 is 1.38 bits per heavy atom. The highest BCUT2D eigenvalue weighted by molar-refractivity contribution is 7.93. The molecular weight excluding hydrogens is 344 g/mol. The van der Waals surface area contributed by atoms with Gasteiger partial charge in [0.15, 0.2) is 5.84 Å². The summed E-state index contributed by atoms with van der Waals surface area (Å²) in [5.41, 5.74) is 2.78. The van der Waals surface area contributed by atoms with Gasteiger partial charge in [-0.2, -0.15) is 5.10 Å². The lowest BCUT2D eigenvalue weighted by Crippen LogP contribution is -2.46. The summed E-state index contributed by atoms with van der Waals surface area (Å²) in [6.45, 7) is 6.04. The van der Waals surface area contributed by atoms with Crippen molar-refractivity contribution in [3.05, 3.63) is 46.5 Å². The van der Waals surface area contributed by atoms with Gasteiger partial charge in [0.05, 0.1) is 11.6 Å². The summed E-state index contributed by atoms with van der Waals surface area (Å²) in [6.07, 6.45) is 2.10. The Hall–Kier alpha value is -1.50. The maximum absolute atomic E-state index is 12.8. The van der Waals surface area contributed by atoms with Gasteiger partial charge in [0.2, 0.25) is 5.37 Å². The highest BCUT2D eigenvalue weighted by atomic mass is 35.5. The Bertz CT molecular complexity index is 763. The molecule has 3 atom stereocenters. The molecule has 0 radical (unpaired) electrons. The minimum atomic E-state index is -0.980. The second-order valence-corrected chi connectivity index (χ2v) is 8.38. The average molecular weight is 363 g/mol. The van der Waals surface area contributed by atoms with E-state index in [-0.39, 0.29) is 10.6 Å². The van der Waals surface area contributed by atoms with Gasteiger partial charge in [-0.1, -0.05) is 29.8 Å². The molecule has 0 amide bonds. The van der Waals surface area contributed by atoms with Gasteiger partial charge in [-0.05, 0) is 37.2 Å². The van der Waals surface area contributed by atoms with Crippen LogP contribution < -0.4 is 0 Å². The van der Waals surface area contributed by atoms with Gasteiger partial charge in [0.25, 0.3) is 0 Å². The first kappa shape index (κ1) is 16.0. The number of aliphatic imine (C=N–C) groups is 1. The van der Waals surface area contributed by atoms with Gasteiger partial charge in [-0.15, -0.1) is 0 Å². The summed E-state index contributed by atoms with van der Waals surface area (Å²) in [5, 5.41) is 7.28. The van der Waals surface area contributed by atoms with Crippen LogP contribution in [0.3, 0.4) is 0 Å². The highest BCUT2D eigenvalue weighted by Gasteiger charge is 2.47. The van der Waals surface area contributed by atoms with Crippen LogP contribution in [0.25, 0.3) is 0 Å².